The van der Waals surface area contributed by atoms with Gasteiger partial charge in [-0.2, -0.15) is 20.4 Å². The van der Waals surface area contributed by atoms with Crippen molar-refractivity contribution in [3.05, 3.63) is 94.8 Å². The van der Waals surface area contributed by atoms with Gasteiger partial charge in [-0.1, -0.05) is 6.07 Å². The van der Waals surface area contributed by atoms with Crippen molar-refractivity contribution in [3.63, 3.8) is 0 Å². The minimum absolute atomic E-state index is 0.0202. The standard InChI is InChI=1S/C45H50F4N14O4/c1-50-44(64)59-10-5-39-33(22-59)43(57-63(39)30-8-14-67-25-30)55-38-17-32(41(48)49)31(16-36(38)47)28-19-53-61(21-28)12-9-51-45(65)60-11-6-40-34(23-60)42(56-62(40)29-7-13-66-24-29)54-37-4-3-26(15-35(37)46)27-18-52-58(2)20-27/h3-4,15-21,29-30,41H,5-14,22-25H2,1-2H3,(H,50,64)(H,51,65)(H,54,56)(H,55,57)/t29-,30-/m0/s1. The fraction of sp³-hybridized carbons (Fsp3) is 0.422. The molecule has 4 N–H and O–H groups in total. The molecule has 0 spiro atoms. The van der Waals surface area contributed by atoms with E-state index in [4.69, 9.17) is 19.7 Å². The van der Waals surface area contributed by atoms with Gasteiger partial charge < -0.3 is 40.5 Å². The summed E-state index contributed by atoms with van der Waals surface area (Å²) in [7, 11) is 3.34. The number of aryl methyl sites for hydroxylation is 1. The maximum atomic E-state index is 16.0. The quantitative estimate of drug-likeness (QED) is 0.100. The molecule has 4 aliphatic rings. The van der Waals surface area contributed by atoms with Crippen molar-refractivity contribution in [2.75, 3.05) is 63.7 Å². The van der Waals surface area contributed by atoms with E-state index in [0.29, 0.717) is 69.3 Å². The Morgan fingerprint density at radius 2 is 1.40 bits per heavy atom. The Hall–Kier alpha value is -6.94. The lowest BCUT2D eigenvalue weighted by Gasteiger charge is -2.28. The molecule has 0 radical (unpaired) electrons. The molecule has 4 aliphatic heterocycles. The predicted molar refractivity (Wildman–Crippen MR) is 237 cm³/mol. The highest BCUT2D eigenvalue weighted by Gasteiger charge is 2.34. The molecule has 0 saturated carbocycles. The Morgan fingerprint density at radius 1 is 0.776 bits per heavy atom. The van der Waals surface area contributed by atoms with Crippen molar-refractivity contribution in [1.29, 1.82) is 0 Å². The summed E-state index contributed by atoms with van der Waals surface area (Å²) in [6, 6.07) is 6.44. The molecule has 18 nitrogen and oxygen atoms in total. The predicted octanol–water partition coefficient (Wildman–Crippen LogP) is 6.43. The Morgan fingerprint density at radius 3 is 1.99 bits per heavy atom. The molecular weight excluding hydrogens is 877 g/mol. The van der Waals surface area contributed by atoms with Crippen molar-refractivity contribution in [1.82, 2.24) is 59.6 Å². The second-order valence-corrected chi connectivity index (χ2v) is 17.2. The first-order chi connectivity index (χ1) is 32.5. The van der Waals surface area contributed by atoms with Crippen LogP contribution >= 0.6 is 0 Å². The van der Waals surface area contributed by atoms with E-state index in [0.717, 1.165) is 47.5 Å². The van der Waals surface area contributed by atoms with Crippen LogP contribution in [0.1, 0.15) is 59.4 Å². The number of rotatable bonds is 12. The number of alkyl halides is 2. The van der Waals surface area contributed by atoms with Gasteiger partial charge in [-0.15, -0.1) is 0 Å². The summed E-state index contributed by atoms with van der Waals surface area (Å²) in [6.45, 7) is 3.82. The number of hydrogen-bond donors (Lipinski definition) is 4. The molecule has 2 fully saturated rings. The molecule has 2 aromatic carbocycles. The first kappa shape index (κ1) is 43.9. The fourth-order valence-corrected chi connectivity index (χ4v) is 9.38. The third-order valence-corrected chi connectivity index (χ3v) is 12.9. The first-order valence-corrected chi connectivity index (χ1v) is 22.3. The van der Waals surface area contributed by atoms with E-state index in [9.17, 15) is 18.4 Å². The molecule has 0 aliphatic carbocycles. The highest BCUT2D eigenvalue weighted by molar-refractivity contribution is 5.77. The van der Waals surface area contributed by atoms with Crippen LogP contribution < -0.4 is 21.3 Å². The number of carbonyl (C=O) groups is 2. The zero-order valence-corrected chi connectivity index (χ0v) is 36.9. The van der Waals surface area contributed by atoms with E-state index in [2.05, 4.69) is 31.5 Å². The molecule has 10 rings (SSSR count). The van der Waals surface area contributed by atoms with Crippen LogP contribution in [0.3, 0.4) is 0 Å². The minimum atomic E-state index is -2.96. The van der Waals surface area contributed by atoms with Crippen molar-refractivity contribution in [2.45, 2.75) is 63.8 Å². The summed E-state index contributed by atoms with van der Waals surface area (Å²) in [5.41, 5.74) is 4.68. The number of ether oxygens (including phenoxy) is 2. The molecule has 8 heterocycles. The van der Waals surface area contributed by atoms with E-state index < -0.39 is 23.6 Å². The number of fused-ring (bicyclic) bond motifs is 2. The topological polar surface area (TPSA) is 178 Å². The normalized spacial score (nSPS) is 18.1. The summed E-state index contributed by atoms with van der Waals surface area (Å²) in [6.07, 6.45) is 6.00. The lowest BCUT2D eigenvalue weighted by atomic mass is 10.0. The smallest absolute Gasteiger partial charge is 0.317 e. The number of nitrogens with one attached hydrogen (secondary N) is 4. The highest BCUT2D eigenvalue weighted by Crippen LogP contribution is 2.39. The van der Waals surface area contributed by atoms with Gasteiger partial charge in [0.2, 0.25) is 0 Å². The van der Waals surface area contributed by atoms with E-state index in [-0.39, 0.29) is 78.6 Å². The van der Waals surface area contributed by atoms with Gasteiger partial charge in [0, 0.05) is 111 Å². The van der Waals surface area contributed by atoms with E-state index in [1.807, 2.05) is 21.6 Å². The number of amides is 4. The summed E-state index contributed by atoms with van der Waals surface area (Å²) >= 11 is 0. The van der Waals surface area contributed by atoms with Crippen LogP contribution in [0.2, 0.25) is 0 Å². The first-order valence-electron chi connectivity index (χ1n) is 22.3. The van der Waals surface area contributed by atoms with Crippen molar-refractivity contribution in [2.24, 2.45) is 7.05 Å². The van der Waals surface area contributed by atoms with Gasteiger partial charge in [0.1, 0.15) is 11.6 Å². The molecule has 4 aromatic heterocycles. The average molecular weight is 927 g/mol. The molecule has 0 bridgehead atoms. The second-order valence-electron chi connectivity index (χ2n) is 17.2. The number of urea groups is 2. The number of hydrogen-bond acceptors (Lipinski definition) is 10. The van der Waals surface area contributed by atoms with Gasteiger partial charge >= 0.3 is 12.1 Å². The molecule has 6 aromatic rings. The van der Waals surface area contributed by atoms with Crippen LogP contribution in [-0.4, -0.2) is 114 Å². The lowest BCUT2D eigenvalue weighted by molar-refractivity contribution is 0.152. The van der Waals surface area contributed by atoms with Gasteiger partial charge in [0.25, 0.3) is 6.43 Å². The average Bonchev–Trinajstić information content (AvgIpc) is 4.20. The van der Waals surface area contributed by atoms with E-state index in [1.54, 1.807) is 40.8 Å². The summed E-state index contributed by atoms with van der Waals surface area (Å²) < 4.78 is 79.2. The second kappa shape index (κ2) is 18.4. The molecular formula is C45H50F4N14O4. The highest BCUT2D eigenvalue weighted by atomic mass is 19.3. The van der Waals surface area contributed by atoms with Crippen molar-refractivity contribution < 1.29 is 36.6 Å². The molecule has 4 amide bonds. The minimum Gasteiger partial charge on any atom is -0.379 e. The zero-order valence-electron chi connectivity index (χ0n) is 36.9. The maximum absolute atomic E-state index is 16.0. The number of anilines is 4. The Balaban J connectivity index is 0.811. The Bertz CT molecular complexity index is 2810. The van der Waals surface area contributed by atoms with Crippen LogP contribution in [-0.2, 0) is 49.0 Å². The van der Waals surface area contributed by atoms with Gasteiger partial charge in [-0.3, -0.25) is 18.7 Å². The molecule has 2 saturated heterocycles. The fourth-order valence-electron chi connectivity index (χ4n) is 9.38. The van der Waals surface area contributed by atoms with Crippen LogP contribution in [0, 0.1) is 11.6 Å². The molecule has 67 heavy (non-hydrogen) atoms. The van der Waals surface area contributed by atoms with Crippen LogP contribution in [0.15, 0.2) is 55.1 Å². The Kier molecular flexibility index (Phi) is 12.1. The third-order valence-electron chi connectivity index (χ3n) is 12.9. The van der Waals surface area contributed by atoms with Gasteiger partial charge in [0.05, 0.1) is 68.7 Å². The Labute approximate surface area is 382 Å². The monoisotopic (exact) mass is 926 g/mol. The largest absolute Gasteiger partial charge is 0.379 e. The van der Waals surface area contributed by atoms with Crippen LogP contribution in [0.5, 0.6) is 0 Å². The number of aromatic nitrogens is 8. The van der Waals surface area contributed by atoms with E-state index in [1.165, 1.54) is 23.1 Å². The number of benzene rings is 2. The maximum Gasteiger partial charge on any atom is 0.317 e. The molecule has 352 valence electrons. The van der Waals surface area contributed by atoms with Crippen molar-refractivity contribution in [3.8, 4) is 22.3 Å². The number of halogens is 4. The summed E-state index contributed by atoms with van der Waals surface area (Å²) in [5.74, 6) is -0.498. The third kappa shape index (κ3) is 8.77. The molecule has 2 atom stereocenters. The summed E-state index contributed by atoms with van der Waals surface area (Å²) in [5, 5.41) is 29.9. The lowest BCUT2D eigenvalue weighted by Crippen LogP contribution is -2.44. The number of nitrogens with zero attached hydrogens (tertiary/aromatic N) is 10. The van der Waals surface area contributed by atoms with Gasteiger partial charge in [0.15, 0.2) is 11.6 Å². The molecule has 22 heteroatoms. The molecule has 0 unspecified atom stereocenters. The zero-order chi connectivity index (χ0) is 46.3. The van der Waals surface area contributed by atoms with Gasteiger partial charge in [-0.25, -0.2) is 27.2 Å². The van der Waals surface area contributed by atoms with Crippen LogP contribution in [0.4, 0.5) is 50.2 Å². The SMILES string of the molecule is CNC(=O)N1CCc2c(c(Nc3cc(C(F)F)c(-c4cnn(CCNC(=O)N5CCc6c(c(Nc7ccc(-c8cnn(C)c8)cc7F)nn6[C@H]6CCOC6)C5)c4)cc3F)nn2[C@H]2CCOC2)C1. The summed E-state index contributed by atoms with van der Waals surface area (Å²) in [4.78, 5) is 29.4. The van der Waals surface area contributed by atoms with Gasteiger partial charge in [-0.05, 0) is 48.2 Å². The van der Waals surface area contributed by atoms with E-state index >= 15 is 8.78 Å². The van der Waals surface area contributed by atoms with Crippen molar-refractivity contribution >= 4 is 35.1 Å². The van der Waals surface area contributed by atoms with Crippen LogP contribution in [0.25, 0.3) is 22.3 Å². The number of carbonyl (C=O) groups excluding carboxylic acids is 2.